The molecule has 0 saturated heterocycles. The predicted octanol–water partition coefficient (Wildman–Crippen LogP) is 1.10. The molecule has 0 aromatic heterocycles. The zero-order valence-corrected chi connectivity index (χ0v) is 8.01. The summed E-state index contributed by atoms with van der Waals surface area (Å²) in [6.07, 6.45) is 3.62. The molecule has 0 aliphatic heterocycles. The van der Waals surface area contributed by atoms with Gasteiger partial charge in [-0.2, -0.15) is 0 Å². The Balaban J connectivity index is 2.07. The van der Waals surface area contributed by atoms with Crippen LogP contribution in [0.5, 0.6) is 0 Å². The van der Waals surface area contributed by atoms with Crippen molar-refractivity contribution in [2.45, 2.75) is 39.2 Å². The van der Waals surface area contributed by atoms with Crippen molar-refractivity contribution in [1.82, 2.24) is 5.32 Å². The standard InChI is InChI=1S/C9H19N3/c1-7(2)5-6-11-9(10)12-8-3-4-8/h7-8H,3-6H2,1-2H3,(H3,10,11,12). The van der Waals surface area contributed by atoms with Crippen molar-refractivity contribution in [3.63, 3.8) is 0 Å². The maximum absolute atomic E-state index is 5.64. The highest BCUT2D eigenvalue weighted by molar-refractivity contribution is 5.78. The molecule has 1 aliphatic rings. The molecule has 3 nitrogen and oxygen atoms in total. The van der Waals surface area contributed by atoms with Gasteiger partial charge in [-0.1, -0.05) is 13.8 Å². The number of nitrogens with zero attached hydrogens (tertiary/aromatic N) is 1. The van der Waals surface area contributed by atoms with Gasteiger partial charge in [0.2, 0.25) is 0 Å². The van der Waals surface area contributed by atoms with Gasteiger partial charge in [0.1, 0.15) is 0 Å². The summed E-state index contributed by atoms with van der Waals surface area (Å²) in [6, 6.07) is 0.618. The molecule has 3 heteroatoms. The third-order valence-corrected chi connectivity index (χ3v) is 1.92. The normalized spacial score (nSPS) is 18.4. The summed E-state index contributed by atoms with van der Waals surface area (Å²) < 4.78 is 0. The second-order valence-corrected chi connectivity index (χ2v) is 3.87. The van der Waals surface area contributed by atoms with Crippen LogP contribution in [0.1, 0.15) is 33.1 Å². The first kappa shape index (κ1) is 9.36. The average molecular weight is 169 g/mol. The fourth-order valence-corrected chi connectivity index (χ4v) is 0.926. The Morgan fingerprint density at radius 2 is 2.25 bits per heavy atom. The topological polar surface area (TPSA) is 50.4 Å². The summed E-state index contributed by atoms with van der Waals surface area (Å²) in [5.74, 6) is 1.33. The number of guanidine groups is 1. The van der Waals surface area contributed by atoms with Crippen molar-refractivity contribution in [3.8, 4) is 0 Å². The Bertz CT molecular complexity index is 159. The van der Waals surface area contributed by atoms with Gasteiger partial charge in [0.05, 0.1) is 0 Å². The van der Waals surface area contributed by atoms with Crippen molar-refractivity contribution >= 4 is 5.96 Å². The number of aliphatic imine (C=N–C) groups is 1. The van der Waals surface area contributed by atoms with Crippen LogP contribution in [0, 0.1) is 5.92 Å². The van der Waals surface area contributed by atoms with Crippen LogP contribution < -0.4 is 11.1 Å². The SMILES string of the molecule is CC(C)CCN=C(N)NC1CC1. The Morgan fingerprint density at radius 1 is 1.58 bits per heavy atom. The molecule has 0 aromatic rings. The molecule has 0 spiro atoms. The maximum atomic E-state index is 5.64. The summed E-state index contributed by atoms with van der Waals surface area (Å²) >= 11 is 0. The van der Waals surface area contributed by atoms with E-state index in [0.29, 0.717) is 17.9 Å². The van der Waals surface area contributed by atoms with Gasteiger partial charge in [-0.15, -0.1) is 0 Å². The van der Waals surface area contributed by atoms with E-state index in [2.05, 4.69) is 24.2 Å². The molecule has 0 radical (unpaired) electrons. The molecule has 0 amide bonds. The number of hydrogen-bond donors (Lipinski definition) is 2. The first-order valence-corrected chi connectivity index (χ1v) is 4.75. The molecule has 0 aromatic carbocycles. The minimum atomic E-state index is 0.618. The van der Waals surface area contributed by atoms with Gasteiger partial charge in [-0.3, -0.25) is 4.99 Å². The number of nitrogens with one attached hydrogen (secondary N) is 1. The van der Waals surface area contributed by atoms with E-state index in [1.54, 1.807) is 0 Å². The van der Waals surface area contributed by atoms with E-state index in [1.165, 1.54) is 12.8 Å². The molecule has 1 saturated carbocycles. The second-order valence-electron chi connectivity index (χ2n) is 3.87. The first-order valence-electron chi connectivity index (χ1n) is 4.75. The number of nitrogens with two attached hydrogens (primary N) is 1. The van der Waals surface area contributed by atoms with Crippen LogP contribution in [0.15, 0.2) is 4.99 Å². The molecule has 3 N–H and O–H groups in total. The van der Waals surface area contributed by atoms with Gasteiger partial charge >= 0.3 is 0 Å². The molecule has 0 atom stereocenters. The van der Waals surface area contributed by atoms with Gasteiger partial charge in [0, 0.05) is 12.6 Å². The monoisotopic (exact) mass is 169 g/mol. The molecule has 12 heavy (non-hydrogen) atoms. The fourth-order valence-electron chi connectivity index (χ4n) is 0.926. The lowest BCUT2D eigenvalue weighted by Gasteiger charge is -2.04. The zero-order valence-electron chi connectivity index (χ0n) is 8.01. The third-order valence-electron chi connectivity index (χ3n) is 1.92. The van der Waals surface area contributed by atoms with Gasteiger partial charge in [-0.25, -0.2) is 0 Å². The van der Waals surface area contributed by atoms with Crippen LogP contribution >= 0.6 is 0 Å². The number of hydrogen-bond acceptors (Lipinski definition) is 1. The molecule has 70 valence electrons. The Hall–Kier alpha value is -0.730. The summed E-state index contributed by atoms with van der Waals surface area (Å²) in [5.41, 5.74) is 5.64. The van der Waals surface area contributed by atoms with Crippen LogP contribution in [0.3, 0.4) is 0 Å². The van der Waals surface area contributed by atoms with Crippen LogP contribution in [0.4, 0.5) is 0 Å². The highest BCUT2D eigenvalue weighted by Crippen LogP contribution is 2.17. The lowest BCUT2D eigenvalue weighted by molar-refractivity contribution is 0.595. The summed E-state index contributed by atoms with van der Waals surface area (Å²) in [6.45, 7) is 5.24. The van der Waals surface area contributed by atoms with Crippen molar-refractivity contribution in [1.29, 1.82) is 0 Å². The minimum absolute atomic E-state index is 0.618. The van der Waals surface area contributed by atoms with Crippen molar-refractivity contribution in [2.24, 2.45) is 16.6 Å². The zero-order chi connectivity index (χ0) is 8.97. The molecule has 1 aliphatic carbocycles. The molecule has 1 fully saturated rings. The maximum Gasteiger partial charge on any atom is 0.188 e. The summed E-state index contributed by atoms with van der Waals surface area (Å²) in [4.78, 5) is 4.23. The lowest BCUT2D eigenvalue weighted by atomic mass is 10.1. The van der Waals surface area contributed by atoms with Gasteiger partial charge in [-0.05, 0) is 25.2 Å². The Morgan fingerprint density at radius 3 is 2.75 bits per heavy atom. The Labute approximate surface area is 74.4 Å². The van der Waals surface area contributed by atoms with E-state index in [1.807, 2.05) is 0 Å². The van der Waals surface area contributed by atoms with E-state index in [4.69, 9.17) is 5.73 Å². The molecule has 0 unspecified atom stereocenters. The van der Waals surface area contributed by atoms with E-state index < -0.39 is 0 Å². The molecule has 1 rings (SSSR count). The predicted molar refractivity (Wildman–Crippen MR) is 52.1 cm³/mol. The van der Waals surface area contributed by atoms with Crippen LogP contribution in [0.25, 0.3) is 0 Å². The molecular weight excluding hydrogens is 150 g/mol. The van der Waals surface area contributed by atoms with Gasteiger partial charge in [0.15, 0.2) is 5.96 Å². The van der Waals surface area contributed by atoms with E-state index in [0.717, 1.165) is 13.0 Å². The number of rotatable bonds is 4. The molecular formula is C9H19N3. The van der Waals surface area contributed by atoms with Crippen molar-refractivity contribution in [2.75, 3.05) is 6.54 Å². The first-order chi connectivity index (χ1) is 5.68. The van der Waals surface area contributed by atoms with Crippen LogP contribution in [-0.2, 0) is 0 Å². The van der Waals surface area contributed by atoms with E-state index in [9.17, 15) is 0 Å². The molecule has 0 bridgehead atoms. The highest BCUT2D eigenvalue weighted by atomic mass is 15.1. The fraction of sp³-hybridized carbons (Fsp3) is 0.889. The second kappa shape index (κ2) is 4.33. The summed E-state index contributed by atoms with van der Waals surface area (Å²) in [5, 5.41) is 3.16. The minimum Gasteiger partial charge on any atom is -0.370 e. The summed E-state index contributed by atoms with van der Waals surface area (Å²) in [7, 11) is 0. The van der Waals surface area contributed by atoms with Crippen LogP contribution in [-0.4, -0.2) is 18.5 Å². The smallest absolute Gasteiger partial charge is 0.188 e. The largest absolute Gasteiger partial charge is 0.370 e. The van der Waals surface area contributed by atoms with E-state index >= 15 is 0 Å². The van der Waals surface area contributed by atoms with Gasteiger partial charge in [0.25, 0.3) is 0 Å². The Kier molecular flexibility index (Phi) is 3.38. The lowest BCUT2D eigenvalue weighted by Crippen LogP contribution is -2.33. The third kappa shape index (κ3) is 4.21. The molecule has 0 heterocycles. The van der Waals surface area contributed by atoms with Crippen LogP contribution in [0.2, 0.25) is 0 Å². The van der Waals surface area contributed by atoms with Crippen molar-refractivity contribution < 1.29 is 0 Å². The quantitative estimate of drug-likeness (QED) is 0.489. The highest BCUT2D eigenvalue weighted by Gasteiger charge is 2.21. The van der Waals surface area contributed by atoms with Crippen molar-refractivity contribution in [3.05, 3.63) is 0 Å². The van der Waals surface area contributed by atoms with E-state index in [-0.39, 0.29) is 0 Å². The van der Waals surface area contributed by atoms with Gasteiger partial charge < -0.3 is 11.1 Å². The average Bonchev–Trinajstić information content (AvgIpc) is 2.70.